The number of rotatable bonds is 36. The molecule has 44 heavy (non-hydrogen) atoms. The Balaban J connectivity index is 2.12. The third-order valence-electron chi connectivity index (χ3n) is 10.3. The van der Waals surface area contributed by atoms with E-state index in [-0.39, 0.29) is 0 Å². The lowest BCUT2D eigenvalue weighted by atomic mass is 10.0. The molecule has 0 aromatic carbocycles. The van der Waals surface area contributed by atoms with Crippen molar-refractivity contribution in [3.8, 4) is 0 Å². The summed E-state index contributed by atoms with van der Waals surface area (Å²) in [4.78, 5) is 5.42. The molecule has 0 aromatic rings. The van der Waals surface area contributed by atoms with Crippen LogP contribution in [-0.4, -0.2) is 29.1 Å². The highest BCUT2D eigenvalue weighted by atomic mass is 15.4. The van der Waals surface area contributed by atoms with Gasteiger partial charge in [-0.2, -0.15) is 0 Å². The summed E-state index contributed by atoms with van der Waals surface area (Å²) in [7, 11) is 0. The summed E-state index contributed by atoms with van der Waals surface area (Å²) in [6.45, 7) is 9.48. The number of hydrogen-bond donors (Lipinski definition) is 0. The molecule has 0 amide bonds. The summed E-state index contributed by atoms with van der Waals surface area (Å²) >= 11 is 0. The fourth-order valence-electron chi connectivity index (χ4n) is 7.25. The van der Waals surface area contributed by atoms with E-state index >= 15 is 0 Å². The molecule has 0 fully saturated rings. The maximum Gasteiger partial charge on any atom is 0.101 e. The zero-order valence-electron chi connectivity index (χ0n) is 31.1. The van der Waals surface area contributed by atoms with Gasteiger partial charge in [0, 0.05) is 25.5 Å². The van der Waals surface area contributed by atoms with Crippen LogP contribution < -0.4 is 0 Å². The van der Waals surface area contributed by atoms with Gasteiger partial charge in [-0.05, 0) is 25.7 Å². The molecule has 1 aliphatic rings. The van der Waals surface area contributed by atoms with Crippen molar-refractivity contribution in [2.24, 2.45) is 0 Å². The first kappa shape index (κ1) is 41.4. The first-order valence-corrected chi connectivity index (χ1v) is 21.0. The Bertz CT molecular complexity index is 572. The minimum atomic E-state index is 0.639. The molecule has 0 bridgehead atoms. The van der Waals surface area contributed by atoms with E-state index in [0.717, 1.165) is 0 Å². The number of hydrogen-bond acceptors (Lipinski definition) is 2. The topological polar surface area (TPSA) is 6.48 Å². The lowest BCUT2D eigenvalue weighted by Crippen LogP contribution is -2.39. The fraction of sp³-hybridized carbons (Fsp3) is 0.952. The fourth-order valence-corrected chi connectivity index (χ4v) is 7.25. The Hall–Kier alpha value is -0.660. The van der Waals surface area contributed by atoms with Gasteiger partial charge in [0.2, 0.25) is 0 Å². The van der Waals surface area contributed by atoms with Crippen LogP contribution in [0, 0.1) is 0 Å². The monoisotopic (exact) mass is 617 g/mol. The second kappa shape index (κ2) is 33.7. The summed E-state index contributed by atoms with van der Waals surface area (Å²) in [6.07, 6.45) is 54.4. The van der Waals surface area contributed by atoms with Crippen molar-refractivity contribution in [1.29, 1.82) is 0 Å². The Kier molecular flexibility index (Phi) is 31.7. The number of nitrogens with zero attached hydrogens (tertiary/aromatic N) is 2. The zero-order valence-corrected chi connectivity index (χ0v) is 31.1. The Labute approximate surface area is 280 Å². The summed E-state index contributed by atoms with van der Waals surface area (Å²) in [5.41, 5.74) is 0. The molecule has 1 heterocycles. The summed E-state index contributed by atoms with van der Waals surface area (Å²) < 4.78 is 0. The van der Waals surface area contributed by atoms with Gasteiger partial charge in [0.1, 0.15) is 6.17 Å². The molecule has 2 nitrogen and oxygen atoms in total. The molecule has 0 saturated heterocycles. The van der Waals surface area contributed by atoms with Crippen LogP contribution in [-0.2, 0) is 0 Å². The third kappa shape index (κ3) is 25.5. The van der Waals surface area contributed by atoms with Gasteiger partial charge in [0.15, 0.2) is 0 Å². The summed E-state index contributed by atoms with van der Waals surface area (Å²) in [5.74, 6) is 0. The van der Waals surface area contributed by atoms with Crippen LogP contribution in [0.2, 0.25) is 0 Å². The van der Waals surface area contributed by atoms with Gasteiger partial charge >= 0.3 is 0 Å². The van der Waals surface area contributed by atoms with Gasteiger partial charge in [-0.3, -0.25) is 0 Å². The molecular formula is C42H84N2. The molecule has 0 spiro atoms. The van der Waals surface area contributed by atoms with Crippen LogP contribution in [0.1, 0.15) is 239 Å². The molecule has 1 unspecified atom stereocenters. The summed E-state index contributed by atoms with van der Waals surface area (Å²) in [5, 5.41) is 0. The van der Waals surface area contributed by atoms with E-state index in [1.807, 2.05) is 0 Å². The minimum absolute atomic E-state index is 0.639. The largest absolute Gasteiger partial charge is 0.356 e. The quantitative estimate of drug-likeness (QED) is 0.0646. The third-order valence-corrected chi connectivity index (χ3v) is 10.3. The zero-order chi connectivity index (χ0) is 31.6. The maximum atomic E-state index is 2.72. The average molecular weight is 617 g/mol. The minimum Gasteiger partial charge on any atom is -0.356 e. The second-order valence-corrected chi connectivity index (χ2v) is 14.6. The van der Waals surface area contributed by atoms with E-state index in [1.54, 1.807) is 0 Å². The van der Waals surface area contributed by atoms with Crippen molar-refractivity contribution in [1.82, 2.24) is 9.80 Å². The van der Waals surface area contributed by atoms with Gasteiger partial charge in [-0.15, -0.1) is 0 Å². The molecule has 1 rings (SSSR count). The highest BCUT2D eigenvalue weighted by Gasteiger charge is 2.24. The standard InChI is InChI=1S/C42H84N2/c1-4-7-10-13-15-17-19-21-22-23-24-25-27-29-31-34-37-42-43(38-35-32-12-9-6-3)40-41-44(42)39-36-33-30-28-26-20-18-16-14-11-8-5-2/h40-42H,4-39H2,1-3H3. The van der Waals surface area contributed by atoms with Crippen LogP contribution in [0.3, 0.4) is 0 Å². The van der Waals surface area contributed by atoms with Gasteiger partial charge in [0.25, 0.3) is 0 Å². The van der Waals surface area contributed by atoms with Crippen molar-refractivity contribution >= 4 is 0 Å². The maximum absolute atomic E-state index is 2.72. The lowest BCUT2D eigenvalue weighted by Gasteiger charge is -2.33. The van der Waals surface area contributed by atoms with Gasteiger partial charge in [-0.1, -0.05) is 213 Å². The molecule has 1 aliphatic heterocycles. The predicted octanol–water partition coefficient (Wildman–Crippen LogP) is 14.7. The van der Waals surface area contributed by atoms with Crippen molar-refractivity contribution in [3.05, 3.63) is 12.4 Å². The van der Waals surface area contributed by atoms with Crippen molar-refractivity contribution in [3.63, 3.8) is 0 Å². The first-order chi connectivity index (χ1) is 21.8. The van der Waals surface area contributed by atoms with E-state index in [9.17, 15) is 0 Å². The second-order valence-electron chi connectivity index (χ2n) is 14.6. The molecular weight excluding hydrogens is 532 g/mol. The van der Waals surface area contributed by atoms with Crippen LogP contribution in [0.25, 0.3) is 0 Å². The van der Waals surface area contributed by atoms with E-state index in [0.29, 0.717) is 6.17 Å². The van der Waals surface area contributed by atoms with Crippen LogP contribution in [0.4, 0.5) is 0 Å². The normalized spacial score (nSPS) is 14.8. The smallest absolute Gasteiger partial charge is 0.101 e. The average Bonchev–Trinajstić information content (AvgIpc) is 3.42. The predicted molar refractivity (Wildman–Crippen MR) is 200 cm³/mol. The van der Waals surface area contributed by atoms with E-state index in [4.69, 9.17) is 0 Å². The van der Waals surface area contributed by atoms with Crippen molar-refractivity contribution in [2.75, 3.05) is 13.1 Å². The molecule has 0 aromatic heterocycles. The Morgan fingerprint density at radius 3 is 0.795 bits per heavy atom. The van der Waals surface area contributed by atoms with E-state index in [2.05, 4.69) is 43.0 Å². The van der Waals surface area contributed by atoms with E-state index < -0.39 is 0 Å². The molecule has 0 N–H and O–H groups in total. The lowest BCUT2D eigenvalue weighted by molar-refractivity contribution is 0.135. The van der Waals surface area contributed by atoms with Gasteiger partial charge in [0.05, 0.1) is 0 Å². The first-order valence-electron chi connectivity index (χ1n) is 21.0. The van der Waals surface area contributed by atoms with Crippen LogP contribution in [0.5, 0.6) is 0 Å². The van der Waals surface area contributed by atoms with Gasteiger partial charge < -0.3 is 9.80 Å². The highest BCUT2D eigenvalue weighted by Crippen LogP contribution is 2.24. The highest BCUT2D eigenvalue weighted by molar-refractivity contribution is 4.97. The summed E-state index contributed by atoms with van der Waals surface area (Å²) in [6, 6.07) is 0. The van der Waals surface area contributed by atoms with Crippen LogP contribution in [0.15, 0.2) is 12.4 Å². The SMILES string of the molecule is CCCCCCCCCCCCCCCCCCC1N(CCCCCCC)C=CN1CCCCCCCCCCCCCC. The molecule has 0 radical (unpaired) electrons. The molecule has 2 heteroatoms. The van der Waals surface area contributed by atoms with E-state index in [1.165, 1.54) is 231 Å². The van der Waals surface area contributed by atoms with Crippen molar-refractivity contribution in [2.45, 2.75) is 245 Å². The van der Waals surface area contributed by atoms with Crippen molar-refractivity contribution < 1.29 is 0 Å². The molecule has 262 valence electrons. The van der Waals surface area contributed by atoms with Crippen LogP contribution >= 0.6 is 0 Å². The number of unbranched alkanes of at least 4 members (excludes halogenated alkanes) is 30. The molecule has 1 atom stereocenters. The Morgan fingerprint density at radius 1 is 0.295 bits per heavy atom. The van der Waals surface area contributed by atoms with Gasteiger partial charge in [-0.25, -0.2) is 0 Å². The Morgan fingerprint density at radius 2 is 0.523 bits per heavy atom. The molecule has 0 saturated carbocycles. The molecule has 0 aliphatic carbocycles.